The van der Waals surface area contributed by atoms with Crippen molar-refractivity contribution in [2.45, 2.75) is 32.7 Å². The molecule has 0 N–H and O–H groups in total. The maximum atomic E-state index is 12.8. The van der Waals surface area contributed by atoms with Crippen LogP contribution in [0.25, 0.3) is 0 Å². The van der Waals surface area contributed by atoms with Crippen molar-refractivity contribution in [1.29, 1.82) is 0 Å². The number of hydrogen-bond acceptors (Lipinski definition) is 5. The highest BCUT2D eigenvalue weighted by Gasteiger charge is 2.32. The van der Waals surface area contributed by atoms with Gasteiger partial charge in [0.1, 0.15) is 5.82 Å². The highest BCUT2D eigenvalue weighted by atomic mass is 16.5. The number of rotatable bonds is 3. The third-order valence-corrected chi connectivity index (χ3v) is 4.65. The van der Waals surface area contributed by atoms with Gasteiger partial charge >= 0.3 is 0 Å². The fraction of sp³-hybridized carbons (Fsp3) is 0.444. The predicted molar refractivity (Wildman–Crippen MR) is 89.9 cm³/mol. The summed E-state index contributed by atoms with van der Waals surface area (Å²) in [5.41, 5.74) is 1.52. The summed E-state index contributed by atoms with van der Waals surface area (Å²) in [7, 11) is 0. The molecule has 1 fully saturated rings. The van der Waals surface area contributed by atoms with Gasteiger partial charge in [-0.1, -0.05) is 11.2 Å². The van der Waals surface area contributed by atoms with Crippen molar-refractivity contribution in [3.63, 3.8) is 0 Å². The zero-order chi connectivity index (χ0) is 17.4. The van der Waals surface area contributed by atoms with Gasteiger partial charge in [-0.3, -0.25) is 14.5 Å². The number of aromatic nitrogens is 2. The van der Waals surface area contributed by atoms with E-state index < -0.39 is 0 Å². The zero-order valence-corrected chi connectivity index (χ0v) is 14.1. The van der Waals surface area contributed by atoms with Crippen LogP contribution in [-0.4, -0.2) is 39.9 Å². The number of pyridine rings is 1. The Bertz CT molecular complexity index is 812. The van der Waals surface area contributed by atoms with E-state index in [9.17, 15) is 9.59 Å². The third-order valence-electron chi connectivity index (χ3n) is 4.65. The van der Waals surface area contributed by atoms with Gasteiger partial charge in [-0.2, -0.15) is 0 Å². The van der Waals surface area contributed by atoms with Gasteiger partial charge in [-0.15, -0.1) is 0 Å². The van der Waals surface area contributed by atoms with Crippen LogP contribution in [0.3, 0.4) is 0 Å². The summed E-state index contributed by atoms with van der Waals surface area (Å²) < 4.78 is 5.11. The number of amides is 2. The predicted octanol–water partition coefficient (Wildman–Crippen LogP) is 2.17. The van der Waals surface area contributed by atoms with Gasteiger partial charge in [0.05, 0.1) is 5.69 Å². The first-order chi connectivity index (χ1) is 12.1. The summed E-state index contributed by atoms with van der Waals surface area (Å²) in [4.78, 5) is 33.3. The van der Waals surface area contributed by atoms with E-state index in [4.69, 9.17) is 4.52 Å². The van der Waals surface area contributed by atoms with Crippen LogP contribution in [0.15, 0.2) is 28.9 Å². The van der Waals surface area contributed by atoms with Gasteiger partial charge in [0, 0.05) is 43.9 Å². The maximum Gasteiger partial charge on any atom is 0.298 e. The van der Waals surface area contributed by atoms with E-state index in [1.165, 1.54) is 17.7 Å². The monoisotopic (exact) mass is 340 g/mol. The molecule has 2 aromatic heterocycles. The Hall–Kier alpha value is -2.70. The molecule has 4 rings (SSSR count). The lowest BCUT2D eigenvalue weighted by atomic mass is 10.1. The average molecular weight is 340 g/mol. The summed E-state index contributed by atoms with van der Waals surface area (Å²) in [5.74, 6) is 1.14. The number of carbonyl (C=O) groups is 2. The molecule has 1 aliphatic heterocycles. The van der Waals surface area contributed by atoms with Crippen LogP contribution < -0.4 is 4.90 Å². The third kappa shape index (κ3) is 3.26. The number of carbonyl (C=O) groups excluding carboxylic acids is 2. The standard InChI is InChI=1S/C18H20N4O3/c1-12-9-15(25-20-12)18(24)22-8-6-16(23)21(10-13-4-5-13)11-14-3-2-7-19-17(14)22/h2-3,7,9,13H,4-6,8,10-11H2,1H3. The van der Waals surface area contributed by atoms with E-state index in [1.54, 1.807) is 19.2 Å². The molecule has 130 valence electrons. The highest BCUT2D eigenvalue weighted by molar-refractivity contribution is 6.04. The van der Waals surface area contributed by atoms with E-state index in [0.717, 1.165) is 12.1 Å². The first kappa shape index (κ1) is 15.8. The molecule has 0 atom stereocenters. The summed E-state index contributed by atoms with van der Waals surface area (Å²) in [6.07, 6.45) is 4.33. The molecule has 3 heterocycles. The normalized spacial score (nSPS) is 17.9. The average Bonchev–Trinajstić information content (AvgIpc) is 3.32. The maximum absolute atomic E-state index is 12.8. The molecule has 1 aliphatic carbocycles. The number of hydrogen-bond donors (Lipinski definition) is 0. The molecule has 0 spiro atoms. The molecule has 7 nitrogen and oxygen atoms in total. The number of anilines is 1. The molecule has 0 radical (unpaired) electrons. The molecule has 2 aromatic rings. The van der Waals surface area contributed by atoms with Gasteiger partial charge in [0.2, 0.25) is 11.7 Å². The van der Waals surface area contributed by atoms with Crippen molar-refractivity contribution in [1.82, 2.24) is 15.0 Å². The lowest BCUT2D eigenvalue weighted by Gasteiger charge is -2.30. The van der Waals surface area contributed by atoms with Crippen LogP contribution >= 0.6 is 0 Å². The van der Waals surface area contributed by atoms with E-state index in [0.29, 0.717) is 24.0 Å². The first-order valence-electron chi connectivity index (χ1n) is 8.58. The highest BCUT2D eigenvalue weighted by Crippen LogP contribution is 2.32. The van der Waals surface area contributed by atoms with Crippen LogP contribution in [-0.2, 0) is 11.3 Å². The molecular formula is C18H20N4O3. The van der Waals surface area contributed by atoms with Gasteiger partial charge < -0.3 is 9.42 Å². The first-order valence-corrected chi connectivity index (χ1v) is 8.58. The van der Waals surface area contributed by atoms with Crippen molar-refractivity contribution in [3.05, 3.63) is 41.4 Å². The van der Waals surface area contributed by atoms with Crippen LogP contribution in [0, 0.1) is 12.8 Å². The Labute approximate surface area is 145 Å². The molecule has 2 aliphatic rings. The van der Waals surface area contributed by atoms with Crippen molar-refractivity contribution in [3.8, 4) is 0 Å². The molecular weight excluding hydrogens is 320 g/mol. The molecule has 7 heteroatoms. The molecule has 2 amide bonds. The lowest BCUT2D eigenvalue weighted by Crippen LogP contribution is -2.41. The SMILES string of the molecule is Cc1cc(C(=O)N2CCC(=O)N(CC3CC3)Cc3cccnc32)on1. The lowest BCUT2D eigenvalue weighted by molar-refractivity contribution is -0.132. The quantitative estimate of drug-likeness (QED) is 0.855. The second-order valence-corrected chi connectivity index (χ2v) is 6.74. The van der Waals surface area contributed by atoms with Crippen LogP contribution in [0.1, 0.15) is 41.1 Å². The van der Waals surface area contributed by atoms with Crippen molar-refractivity contribution >= 4 is 17.6 Å². The van der Waals surface area contributed by atoms with Crippen LogP contribution in [0.5, 0.6) is 0 Å². The minimum atomic E-state index is -0.316. The number of nitrogens with zero attached hydrogens (tertiary/aromatic N) is 4. The second kappa shape index (κ2) is 6.31. The topological polar surface area (TPSA) is 79.5 Å². The van der Waals surface area contributed by atoms with Gasteiger partial charge in [-0.05, 0) is 31.7 Å². The number of aryl methyl sites for hydroxylation is 1. The van der Waals surface area contributed by atoms with Gasteiger partial charge in [-0.25, -0.2) is 4.98 Å². The van der Waals surface area contributed by atoms with Crippen LogP contribution in [0.2, 0.25) is 0 Å². The largest absolute Gasteiger partial charge is 0.351 e. The van der Waals surface area contributed by atoms with Gasteiger partial charge in [0.25, 0.3) is 5.91 Å². The molecule has 25 heavy (non-hydrogen) atoms. The van der Waals surface area contributed by atoms with E-state index in [1.807, 2.05) is 17.0 Å². The van der Waals surface area contributed by atoms with Crippen molar-refractivity contribution in [2.75, 3.05) is 18.0 Å². The summed E-state index contributed by atoms with van der Waals surface area (Å²) >= 11 is 0. The van der Waals surface area contributed by atoms with E-state index in [2.05, 4.69) is 10.1 Å². The van der Waals surface area contributed by atoms with E-state index >= 15 is 0 Å². The number of fused-ring (bicyclic) bond motifs is 1. The smallest absolute Gasteiger partial charge is 0.298 e. The summed E-state index contributed by atoms with van der Waals surface area (Å²) in [6.45, 7) is 3.32. The minimum absolute atomic E-state index is 0.0768. The fourth-order valence-corrected chi connectivity index (χ4v) is 3.14. The molecule has 0 unspecified atom stereocenters. The molecule has 1 saturated carbocycles. The Morgan fingerprint density at radius 2 is 2.24 bits per heavy atom. The zero-order valence-electron chi connectivity index (χ0n) is 14.1. The molecule has 0 aromatic carbocycles. The summed E-state index contributed by atoms with van der Waals surface area (Å²) in [5, 5.41) is 3.78. The minimum Gasteiger partial charge on any atom is -0.351 e. The van der Waals surface area contributed by atoms with Crippen molar-refractivity contribution in [2.24, 2.45) is 5.92 Å². The molecule has 0 saturated heterocycles. The molecule has 0 bridgehead atoms. The van der Waals surface area contributed by atoms with Crippen molar-refractivity contribution < 1.29 is 14.1 Å². The van der Waals surface area contributed by atoms with Crippen LogP contribution in [0.4, 0.5) is 5.82 Å². The summed E-state index contributed by atoms with van der Waals surface area (Å²) in [6, 6.07) is 5.36. The fourth-order valence-electron chi connectivity index (χ4n) is 3.14. The Morgan fingerprint density at radius 1 is 1.40 bits per heavy atom. The second-order valence-electron chi connectivity index (χ2n) is 6.74. The Balaban J connectivity index is 1.66. The Kier molecular flexibility index (Phi) is 3.99. The van der Waals surface area contributed by atoms with E-state index in [-0.39, 0.29) is 30.5 Å². The van der Waals surface area contributed by atoms with Gasteiger partial charge in [0.15, 0.2) is 0 Å². The Morgan fingerprint density at radius 3 is 2.96 bits per heavy atom.